The molecule has 1 fully saturated rings. The Balaban J connectivity index is 1.69. The highest BCUT2D eigenvalue weighted by Crippen LogP contribution is 2.32. The molecule has 8 nitrogen and oxygen atoms in total. The number of hydrogen-bond donors (Lipinski definition) is 0. The van der Waals surface area contributed by atoms with Gasteiger partial charge in [-0.2, -0.15) is 22.0 Å². The Hall–Kier alpha value is -2.81. The molecule has 15 heteroatoms. The lowest BCUT2D eigenvalue weighted by molar-refractivity contribution is -0.137. The van der Waals surface area contributed by atoms with Crippen LogP contribution in [-0.2, 0) is 25.9 Å². The third-order valence-electron chi connectivity index (χ3n) is 6.26. The van der Waals surface area contributed by atoms with Crippen molar-refractivity contribution < 1.29 is 48.3 Å². The summed E-state index contributed by atoms with van der Waals surface area (Å²) < 4.78 is 118. The molecule has 2 aromatic rings. The summed E-state index contributed by atoms with van der Waals surface area (Å²) >= 11 is 0. The van der Waals surface area contributed by atoms with E-state index in [0.29, 0.717) is 25.0 Å². The van der Waals surface area contributed by atoms with Gasteiger partial charge in [-0.3, -0.25) is 4.79 Å². The monoisotopic (exact) mass is 584 g/mol. The zero-order chi connectivity index (χ0) is 28.5. The molecule has 38 heavy (non-hydrogen) atoms. The van der Waals surface area contributed by atoms with Crippen LogP contribution in [0.15, 0.2) is 46.5 Å². The molecular weight excluding hydrogens is 559 g/mol. The number of ether oxygens (including phenoxy) is 1. The summed E-state index contributed by atoms with van der Waals surface area (Å²) in [5, 5.41) is -1.70. The van der Waals surface area contributed by atoms with Gasteiger partial charge in [0, 0.05) is 25.5 Å². The van der Waals surface area contributed by atoms with Gasteiger partial charge in [0.2, 0.25) is 0 Å². The number of rotatable bonds is 8. The minimum absolute atomic E-state index is 0.122. The number of piperidine rings is 1. The number of benzene rings is 1. The molecule has 0 spiro atoms. The largest absolute Gasteiger partial charge is 0.435 e. The van der Waals surface area contributed by atoms with E-state index in [2.05, 4.69) is 9.72 Å². The number of amides is 1. The Morgan fingerprint density at radius 1 is 1.11 bits per heavy atom. The van der Waals surface area contributed by atoms with Crippen molar-refractivity contribution in [2.45, 2.75) is 54.1 Å². The molecule has 1 atom stereocenters. The standard InChI is InChI=1S/C23H25F5N2O6S2/c1-14(38(34,35)20-12-16(5-8-29-20)23(26,27)28)11-15-6-9-30(10-7-15)21(31)18-4-3-17(36-22(24)25)13-19(18)37(2,32)33/h3-5,8,12-15,22H,6-7,9-11H2,1-2H3. The fourth-order valence-corrected chi connectivity index (χ4v) is 6.57. The quantitative estimate of drug-likeness (QED) is 0.428. The SMILES string of the molecule is CC(CC1CCN(C(=O)c2ccc(OC(F)F)cc2S(C)(=O)=O)CC1)S(=O)(=O)c1cc(C(F)(F)F)ccn1. The molecule has 1 unspecified atom stereocenters. The number of likely N-dealkylation sites (tertiary alicyclic amines) is 1. The second-order valence-electron chi connectivity index (χ2n) is 9.02. The van der Waals surface area contributed by atoms with Gasteiger partial charge >= 0.3 is 12.8 Å². The smallest absolute Gasteiger partial charge is 0.416 e. The number of carbonyl (C=O) groups is 1. The van der Waals surface area contributed by atoms with Crippen LogP contribution in [0.1, 0.15) is 42.1 Å². The average molecular weight is 585 g/mol. The van der Waals surface area contributed by atoms with Crippen LogP contribution >= 0.6 is 0 Å². The maximum absolute atomic E-state index is 13.1. The van der Waals surface area contributed by atoms with E-state index >= 15 is 0 Å². The lowest BCUT2D eigenvalue weighted by Gasteiger charge is -2.33. The van der Waals surface area contributed by atoms with Crippen LogP contribution in [0, 0.1) is 5.92 Å². The van der Waals surface area contributed by atoms with Crippen molar-refractivity contribution in [1.29, 1.82) is 0 Å². The fraction of sp³-hybridized carbons (Fsp3) is 0.478. The summed E-state index contributed by atoms with van der Waals surface area (Å²) in [6, 6.07) is 4.21. The maximum atomic E-state index is 13.1. The molecule has 2 heterocycles. The summed E-state index contributed by atoms with van der Waals surface area (Å²) in [6.45, 7) is -1.47. The Kier molecular flexibility index (Phi) is 8.71. The molecule has 0 N–H and O–H groups in total. The van der Waals surface area contributed by atoms with E-state index in [4.69, 9.17) is 0 Å². The predicted molar refractivity (Wildman–Crippen MR) is 125 cm³/mol. The Bertz CT molecular complexity index is 1390. The molecule has 0 bridgehead atoms. The van der Waals surface area contributed by atoms with Gasteiger partial charge in [-0.1, -0.05) is 0 Å². The highest BCUT2D eigenvalue weighted by Gasteiger charge is 2.35. The number of alkyl halides is 5. The van der Waals surface area contributed by atoms with E-state index in [1.54, 1.807) is 0 Å². The van der Waals surface area contributed by atoms with Crippen LogP contribution in [-0.4, -0.2) is 63.8 Å². The van der Waals surface area contributed by atoms with Crippen LogP contribution in [0.2, 0.25) is 0 Å². The van der Waals surface area contributed by atoms with Crippen molar-refractivity contribution >= 4 is 25.6 Å². The summed E-state index contributed by atoms with van der Waals surface area (Å²) in [4.78, 5) is 17.6. The number of halogens is 5. The first-order valence-corrected chi connectivity index (χ1v) is 14.8. The number of sulfone groups is 2. The first-order chi connectivity index (χ1) is 17.5. The van der Waals surface area contributed by atoms with Gasteiger partial charge in [-0.05, 0) is 62.4 Å². The Labute approximate surface area is 216 Å². The molecule has 1 aliphatic heterocycles. The summed E-state index contributed by atoms with van der Waals surface area (Å²) in [5.41, 5.74) is -1.33. The average Bonchev–Trinajstić information content (AvgIpc) is 2.82. The van der Waals surface area contributed by atoms with Gasteiger partial charge in [0.15, 0.2) is 24.7 Å². The zero-order valence-electron chi connectivity index (χ0n) is 20.3. The molecule has 0 saturated carbocycles. The first-order valence-electron chi connectivity index (χ1n) is 11.4. The summed E-state index contributed by atoms with van der Waals surface area (Å²) in [7, 11) is -8.13. The van der Waals surface area contributed by atoms with Crippen LogP contribution < -0.4 is 4.74 Å². The lowest BCUT2D eigenvalue weighted by atomic mass is 9.92. The van der Waals surface area contributed by atoms with E-state index < -0.39 is 64.9 Å². The lowest BCUT2D eigenvalue weighted by Crippen LogP contribution is -2.40. The third-order valence-corrected chi connectivity index (χ3v) is 9.45. The Morgan fingerprint density at radius 2 is 1.74 bits per heavy atom. The minimum Gasteiger partial charge on any atom is -0.435 e. The van der Waals surface area contributed by atoms with E-state index in [-0.39, 0.29) is 31.0 Å². The number of nitrogens with zero attached hydrogens (tertiary/aromatic N) is 2. The van der Waals surface area contributed by atoms with Gasteiger partial charge in [0.25, 0.3) is 5.91 Å². The van der Waals surface area contributed by atoms with Crippen molar-refractivity contribution in [2.75, 3.05) is 19.3 Å². The molecule has 1 aromatic carbocycles. The summed E-state index contributed by atoms with van der Waals surface area (Å²) in [6.07, 6.45) is -2.24. The highest BCUT2D eigenvalue weighted by molar-refractivity contribution is 7.92. The van der Waals surface area contributed by atoms with E-state index in [9.17, 15) is 43.6 Å². The molecule has 1 saturated heterocycles. The molecule has 0 radical (unpaired) electrons. The normalized spacial score (nSPS) is 16.5. The van der Waals surface area contributed by atoms with E-state index in [0.717, 1.165) is 30.7 Å². The molecular formula is C23H25F5N2O6S2. The Morgan fingerprint density at radius 3 is 2.29 bits per heavy atom. The molecule has 0 aliphatic carbocycles. The highest BCUT2D eigenvalue weighted by atomic mass is 32.2. The van der Waals surface area contributed by atoms with Crippen molar-refractivity contribution in [3.05, 3.63) is 47.7 Å². The molecule has 3 rings (SSSR count). The fourth-order valence-electron chi connectivity index (χ4n) is 4.25. The topological polar surface area (TPSA) is 111 Å². The number of pyridine rings is 1. The van der Waals surface area contributed by atoms with E-state index in [1.807, 2.05) is 0 Å². The van der Waals surface area contributed by atoms with Crippen molar-refractivity contribution in [2.24, 2.45) is 5.92 Å². The minimum atomic E-state index is -4.72. The number of hydrogen-bond acceptors (Lipinski definition) is 7. The van der Waals surface area contributed by atoms with Gasteiger partial charge in [-0.25, -0.2) is 21.8 Å². The predicted octanol–water partition coefficient (Wildman–Crippen LogP) is 4.21. The van der Waals surface area contributed by atoms with E-state index in [1.165, 1.54) is 11.8 Å². The van der Waals surface area contributed by atoms with Crippen LogP contribution in [0.5, 0.6) is 5.75 Å². The van der Waals surface area contributed by atoms with Crippen molar-refractivity contribution in [1.82, 2.24) is 9.88 Å². The third kappa shape index (κ3) is 6.98. The van der Waals surface area contributed by atoms with Gasteiger partial charge < -0.3 is 9.64 Å². The second-order valence-corrected chi connectivity index (χ2v) is 13.3. The second kappa shape index (κ2) is 11.1. The number of aromatic nitrogens is 1. The molecule has 1 amide bonds. The molecule has 1 aromatic heterocycles. The molecule has 1 aliphatic rings. The first kappa shape index (κ1) is 29.7. The van der Waals surface area contributed by atoms with Gasteiger partial charge in [0.1, 0.15) is 5.75 Å². The van der Waals surface area contributed by atoms with Gasteiger partial charge in [-0.15, -0.1) is 0 Å². The van der Waals surface area contributed by atoms with Crippen molar-refractivity contribution in [3.8, 4) is 5.75 Å². The van der Waals surface area contributed by atoms with Crippen LogP contribution in [0.4, 0.5) is 22.0 Å². The zero-order valence-corrected chi connectivity index (χ0v) is 21.9. The van der Waals surface area contributed by atoms with Crippen LogP contribution in [0.3, 0.4) is 0 Å². The number of carbonyl (C=O) groups excluding carboxylic acids is 1. The molecule has 210 valence electrons. The maximum Gasteiger partial charge on any atom is 0.416 e. The summed E-state index contributed by atoms with van der Waals surface area (Å²) in [5.74, 6) is -1.23. The van der Waals surface area contributed by atoms with Gasteiger partial charge in [0.05, 0.1) is 21.3 Å². The van der Waals surface area contributed by atoms with Crippen LogP contribution in [0.25, 0.3) is 0 Å². The van der Waals surface area contributed by atoms with Crippen molar-refractivity contribution in [3.63, 3.8) is 0 Å².